The number of hydrogen-bond acceptors (Lipinski definition) is 1. The summed E-state index contributed by atoms with van der Waals surface area (Å²) in [7, 11) is 0. The molecule has 1 N–H and O–H groups in total. The van der Waals surface area contributed by atoms with Crippen LogP contribution in [0.15, 0.2) is 18.2 Å². The van der Waals surface area contributed by atoms with Gasteiger partial charge in [-0.3, -0.25) is 0 Å². The lowest BCUT2D eigenvalue weighted by Crippen LogP contribution is -2.15. The molecule has 1 aromatic carbocycles. The van der Waals surface area contributed by atoms with Gasteiger partial charge in [0.05, 0.1) is 11.1 Å². The van der Waals surface area contributed by atoms with Crippen LogP contribution in [0, 0.1) is 11.7 Å². The summed E-state index contributed by atoms with van der Waals surface area (Å²) in [6.07, 6.45) is 0.278. The lowest BCUT2D eigenvalue weighted by molar-refractivity contribution is 0.135. The predicted molar refractivity (Wildman–Crippen MR) is 56.0 cm³/mol. The lowest BCUT2D eigenvalue weighted by Gasteiger charge is -2.14. The summed E-state index contributed by atoms with van der Waals surface area (Å²) in [6.45, 7) is 3.66. The zero-order valence-electron chi connectivity index (χ0n) is 8.30. The monoisotopic (exact) mass is 216 g/mol. The maximum Gasteiger partial charge on any atom is 0.142 e. The maximum atomic E-state index is 13.0. The molecule has 2 unspecified atom stereocenters. The van der Waals surface area contributed by atoms with Crippen molar-refractivity contribution in [2.24, 2.45) is 5.92 Å². The molecule has 0 spiro atoms. The molecule has 2 atom stereocenters. The van der Waals surface area contributed by atoms with Crippen LogP contribution in [0.5, 0.6) is 0 Å². The maximum absolute atomic E-state index is 13.0. The van der Waals surface area contributed by atoms with Crippen LogP contribution in [0.2, 0.25) is 5.02 Å². The van der Waals surface area contributed by atoms with Crippen molar-refractivity contribution in [3.8, 4) is 0 Å². The van der Waals surface area contributed by atoms with Gasteiger partial charge in [0.15, 0.2) is 0 Å². The van der Waals surface area contributed by atoms with E-state index in [9.17, 15) is 9.50 Å². The van der Waals surface area contributed by atoms with E-state index in [0.29, 0.717) is 6.42 Å². The third kappa shape index (κ3) is 2.96. The van der Waals surface area contributed by atoms with Crippen LogP contribution in [0.3, 0.4) is 0 Å². The highest BCUT2D eigenvalue weighted by Crippen LogP contribution is 2.18. The SMILES string of the molecule is CC(O)C(C)Cc1ccc(Cl)c(F)c1. The standard InChI is InChI=1S/C11H14ClFO/c1-7(8(2)14)5-9-3-4-10(12)11(13)6-9/h3-4,6-8,14H,5H2,1-2H3. The van der Waals surface area contributed by atoms with E-state index in [-0.39, 0.29) is 17.0 Å². The molecule has 78 valence electrons. The van der Waals surface area contributed by atoms with Gasteiger partial charge in [0.2, 0.25) is 0 Å². The van der Waals surface area contributed by atoms with Crippen molar-refractivity contribution in [2.75, 3.05) is 0 Å². The molecule has 1 aromatic rings. The minimum absolute atomic E-state index is 0.121. The van der Waals surface area contributed by atoms with Crippen LogP contribution in [0.1, 0.15) is 19.4 Å². The van der Waals surface area contributed by atoms with E-state index in [1.807, 2.05) is 6.92 Å². The van der Waals surface area contributed by atoms with Gasteiger partial charge in [0.25, 0.3) is 0 Å². The van der Waals surface area contributed by atoms with Crippen LogP contribution in [0.4, 0.5) is 4.39 Å². The lowest BCUT2D eigenvalue weighted by atomic mass is 9.97. The van der Waals surface area contributed by atoms with Gasteiger partial charge < -0.3 is 5.11 Å². The van der Waals surface area contributed by atoms with Crippen molar-refractivity contribution in [3.63, 3.8) is 0 Å². The van der Waals surface area contributed by atoms with Gasteiger partial charge in [0.1, 0.15) is 5.82 Å². The number of aliphatic hydroxyl groups excluding tert-OH is 1. The van der Waals surface area contributed by atoms with E-state index in [2.05, 4.69) is 0 Å². The fourth-order valence-electron chi connectivity index (χ4n) is 1.21. The van der Waals surface area contributed by atoms with Gasteiger partial charge in [0, 0.05) is 0 Å². The Morgan fingerprint density at radius 2 is 2.07 bits per heavy atom. The molecule has 0 heterocycles. The zero-order valence-corrected chi connectivity index (χ0v) is 9.05. The number of aliphatic hydroxyl groups is 1. The molecule has 1 rings (SSSR count). The molecule has 0 aliphatic rings. The van der Waals surface area contributed by atoms with Gasteiger partial charge >= 0.3 is 0 Å². The van der Waals surface area contributed by atoms with Crippen LogP contribution < -0.4 is 0 Å². The third-order valence-corrected chi connectivity index (χ3v) is 2.67. The second kappa shape index (κ2) is 4.76. The smallest absolute Gasteiger partial charge is 0.142 e. The van der Waals surface area contributed by atoms with Crippen molar-refractivity contribution >= 4 is 11.6 Å². The summed E-state index contributed by atoms with van der Waals surface area (Å²) < 4.78 is 13.0. The van der Waals surface area contributed by atoms with Crippen LogP contribution >= 0.6 is 11.6 Å². The Kier molecular flexibility index (Phi) is 3.90. The van der Waals surface area contributed by atoms with Gasteiger partial charge in [-0.15, -0.1) is 0 Å². The molecule has 0 saturated heterocycles. The van der Waals surface area contributed by atoms with Crippen LogP contribution in [-0.2, 0) is 6.42 Å². The van der Waals surface area contributed by atoms with Gasteiger partial charge in [-0.25, -0.2) is 4.39 Å². The highest BCUT2D eigenvalue weighted by atomic mass is 35.5. The highest BCUT2D eigenvalue weighted by Gasteiger charge is 2.10. The van der Waals surface area contributed by atoms with E-state index < -0.39 is 5.82 Å². The van der Waals surface area contributed by atoms with Crippen molar-refractivity contribution in [1.29, 1.82) is 0 Å². The molecule has 0 saturated carbocycles. The molecule has 0 radical (unpaired) electrons. The first-order valence-electron chi connectivity index (χ1n) is 4.62. The topological polar surface area (TPSA) is 20.2 Å². The predicted octanol–water partition coefficient (Wildman–Crippen LogP) is 3.04. The summed E-state index contributed by atoms with van der Waals surface area (Å²) in [5, 5.41) is 9.42. The molecule has 0 aromatic heterocycles. The first-order chi connectivity index (χ1) is 6.50. The molecule has 1 nitrogen and oxygen atoms in total. The summed E-state index contributed by atoms with van der Waals surface area (Å²) >= 11 is 5.56. The summed E-state index contributed by atoms with van der Waals surface area (Å²) in [5.41, 5.74) is 0.861. The number of halogens is 2. The first kappa shape index (κ1) is 11.5. The first-order valence-corrected chi connectivity index (χ1v) is 5.00. The Bertz CT molecular complexity index is 312. The average molecular weight is 217 g/mol. The van der Waals surface area contributed by atoms with Crippen molar-refractivity contribution < 1.29 is 9.50 Å². The molecular formula is C11H14ClFO. The van der Waals surface area contributed by atoms with E-state index in [4.69, 9.17) is 11.6 Å². The quantitative estimate of drug-likeness (QED) is 0.824. The van der Waals surface area contributed by atoms with Gasteiger partial charge in [-0.2, -0.15) is 0 Å². The normalized spacial score (nSPS) is 15.2. The Morgan fingerprint density at radius 3 is 2.57 bits per heavy atom. The fourth-order valence-corrected chi connectivity index (χ4v) is 1.33. The molecular weight excluding hydrogens is 203 g/mol. The number of rotatable bonds is 3. The fraction of sp³-hybridized carbons (Fsp3) is 0.455. The van der Waals surface area contributed by atoms with Crippen molar-refractivity contribution in [1.82, 2.24) is 0 Å². The van der Waals surface area contributed by atoms with E-state index in [1.54, 1.807) is 19.1 Å². The largest absolute Gasteiger partial charge is 0.393 e. The molecule has 0 amide bonds. The second-order valence-corrected chi connectivity index (χ2v) is 4.08. The Labute approximate surface area is 88.5 Å². The highest BCUT2D eigenvalue weighted by molar-refractivity contribution is 6.30. The Morgan fingerprint density at radius 1 is 1.43 bits per heavy atom. The molecule has 0 aliphatic heterocycles. The summed E-state index contributed by atoms with van der Waals surface area (Å²) in [5.74, 6) is -0.280. The van der Waals surface area contributed by atoms with Crippen LogP contribution in [0.25, 0.3) is 0 Å². The third-order valence-electron chi connectivity index (χ3n) is 2.37. The molecule has 0 fully saturated rings. The Hall–Kier alpha value is -0.600. The summed E-state index contributed by atoms with van der Waals surface area (Å²) in [4.78, 5) is 0. The Balaban J connectivity index is 2.73. The van der Waals surface area contributed by atoms with Crippen molar-refractivity contribution in [3.05, 3.63) is 34.6 Å². The minimum atomic E-state index is -0.401. The number of hydrogen-bond donors (Lipinski definition) is 1. The minimum Gasteiger partial charge on any atom is -0.393 e. The van der Waals surface area contributed by atoms with Gasteiger partial charge in [-0.05, 0) is 37.0 Å². The summed E-state index contributed by atoms with van der Waals surface area (Å²) in [6, 6.07) is 4.74. The molecule has 0 bridgehead atoms. The van der Waals surface area contributed by atoms with E-state index in [0.717, 1.165) is 5.56 Å². The molecule has 3 heteroatoms. The second-order valence-electron chi connectivity index (χ2n) is 3.67. The number of benzene rings is 1. The van der Waals surface area contributed by atoms with E-state index >= 15 is 0 Å². The van der Waals surface area contributed by atoms with Gasteiger partial charge in [-0.1, -0.05) is 24.6 Å². The van der Waals surface area contributed by atoms with Crippen LogP contribution in [-0.4, -0.2) is 11.2 Å². The van der Waals surface area contributed by atoms with Crippen molar-refractivity contribution in [2.45, 2.75) is 26.4 Å². The molecule has 14 heavy (non-hydrogen) atoms. The van der Waals surface area contributed by atoms with E-state index in [1.165, 1.54) is 6.07 Å². The zero-order chi connectivity index (χ0) is 10.7. The average Bonchev–Trinajstić information content (AvgIpc) is 2.11. The molecule has 0 aliphatic carbocycles.